The molecule has 5 nitrogen and oxygen atoms in total. The lowest BCUT2D eigenvalue weighted by Crippen LogP contribution is -1.97. The Morgan fingerprint density at radius 3 is 2.52 bits per heavy atom. The number of hydrogen-bond acceptors (Lipinski definition) is 4. The van der Waals surface area contributed by atoms with E-state index in [9.17, 15) is 24.0 Å². The second-order valence-electron chi connectivity index (χ2n) is 4.15. The number of aliphatic hydroxyl groups is 1. The molecule has 0 unspecified atom stereocenters. The number of nitrogens with zero attached hydrogens (tertiary/aromatic N) is 1. The molecule has 0 fully saturated rings. The van der Waals surface area contributed by atoms with Crippen LogP contribution in [-0.2, 0) is 6.61 Å². The van der Waals surface area contributed by atoms with E-state index in [1.54, 1.807) is 18.2 Å². The number of non-ortho nitro benzene ring substituents is 1. The van der Waals surface area contributed by atoms with Gasteiger partial charge in [-0.05, 0) is 12.1 Å². The summed E-state index contributed by atoms with van der Waals surface area (Å²) in [6.07, 6.45) is -2.92. The van der Waals surface area contributed by atoms with Crippen LogP contribution in [0.1, 0.15) is 17.6 Å². The fourth-order valence-electron chi connectivity index (χ4n) is 1.77. The molecule has 0 atom stereocenters. The molecule has 0 saturated carbocycles. The third-order valence-electron chi connectivity index (χ3n) is 2.80. The lowest BCUT2D eigenvalue weighted by atomic mass is 10.1. The van der Waals surface area contributed by atoms with Gasteiger partial charge in [-0.25, -0.2) is 8.78 Å². The smallest absolute Gasteiger partial charge is 0.270 e. The van der Waals surface area contributed by atoms with Crippen molar-refractivity contribution in [1.29, 1.82) is 0 Å². The van der Waals surface area contributed by atoms with Crippen LogP contribution in [0.5, 0.6) is 11.5 Å². The maximum Gasteiger partial charge on any atom is 0.270 e. The monoisotopic (exact) mass is 295 g/mol. The molecule has 7 heteroatoms. The van der Waals surface area contributed by atoms with Crippen molar-refractivity contribution in [1.82, 2.24) is 0 Å². The molecule has 2 rings (SSSR count). The van der Waals surface area contributed by atoms with E-state index in [2.05, 4.69) is 0 Å². The summed E-state index contributed by atoms with van der Waals surface area (Å²) in [5, 5.41) is 19.8. The number of rotatable bonds is 5. The number of halogens is 2. The molecule has 1 N–H and O–H groups in total. The van der Waals surface area contributed by atoms with Gasteiger partial charge >= 0.3 is 0 Å². The highest BCUT2D eigenvalue weighted by Gasteiger charge is 2.20. The molecule has 2 aromatic rings. The maximum atomic E-state index is 13.0. The number of para-hydroxylation sites is 1. The van der Waals surface area contributed by atoms with Crippen molar-refractivity contribution in [2.45, 2.75) is 13.0 Å². The standard InChI is InChI=1S/C14H11F2NO4/c15-14(16)11-7-10(17(19)20)5-6-13(11)21-12-4-2-1-3-9(12)8-18/h1-7,14,18H,8H2. The highest BCUT2D eigenvalue weighted by atomic mass is 19.3. The third-order valence-corrected chi connectivity index (χ3v) is 2.80. The lowest BCUT2D eigenvalue weighted by Gasteiger charge is -2.12. The Balaban J connectivity index is 2.41. The van der Waals surface area contributed by atoms with Crippen LogP contribution in [0.25, 0.3) is 0 Å². The molecule has 0 aromatic heterocycles. The van der Waals surface area contributed by atoms with Crippen molar-refractivity contribution in [3.8, 4) is 11.5 Å². The topological polar surface area (TPSA) is 72.6 Å². The van der Waals surface area contributed by atoms with Crippen molar-refractivity contribution in [3.05, 3.63) is 63.7 Å². The Labute approximate surface area is 118 Å². The van der Waals surface area contributed by atoms with Gasteiger partial charge in [-0.3, -0.25) is 10.1 Å². The lowest BCUT2D eigenvalue weighted by molar-refractivity contribution is -0.385. The number of benzene rings is 2. The summed E-state index contributed by atoms with van der Waals surface area (Å²) in [6, 6.07) is 9.38. The van der Waals surface area contributed by atoms with E-state index in [1.165, 1.54) is 6.07 Å². The first-order valence-corrected chi connectivity index (χ1v) is 5.96. The predicted molar refractivity (Wildman–Crippen MR) is 70.5 cm³/mol. The van der Waals surface area contributed by atoms with Gasteiger partial charge in [0, 0.05) is 17.7 Å². The Bertz CT molecular complexity index is 661. The van der Waals surface area contributed by atoms with Crippen LogP contribution in [0.15, 0.2) is 42.5 Å². The SMILES string of the molecule is O=[N+]([O-])c1ccc(Oc2ccccc2CO)c(C(F)F)c1. The van der Waals surface area contributed by atoms with Crippen molar-refractivity contribution in [2.24, 2.45) is 0 Å². The third kappa shape index (κ3) is 3.32. The van der Waals surface area contributed by atoms with Crippen molar-refractivity contribution in [3.63, 3.8) is 0 Å². The van der Waals surface area contributed by atoms with E-state index in [0.29, 0.717) is 5.56 Å². The highest BCUT2D eigenvalue weighted by Crippen LogP contribution is 2.36. The minimum Gasteiger partial charge on any atom is -0.456 e. The fourth-order valence-corrected chi connectivity index (χ4v) is 1.77. The van der Waals surface area contributed by atoms with Gasteiger partial charge in [0.05, 0.1) is 17.1 Å². The molecule has 0 spiro atoms. The minimum atomic E-state index is -2.92. The largest absolute Gasteiger partial charge is 0.456 e. The second-order valence-corrected chi connectivity index (χ2v) is 4.15. The van der Waals surface area contributed by atoms with E-state index in [1.807, 2.05) is 0 Å². The van der Waals surface area contributed by atoms with E-state index in [-0.39, 0.29) is 18.1 Å². The van der Waals surface area contributed by atoms with Crippen molar-refractivity contribution >= 4 is 5.69 Å². The van der Waals surface area contributed by atoms with Gasteiger partial charge in [-0.2, -0.15) is 0 Å². The molecule has 110 valence electrons. The van der Waals surface area contributed by atoms with E-state index in [4.69, 9.17) is 4.74 Å². The van der Waals surface area contributed by atoms with Gasteiger partial charge < -0.3 is 9.84 Å². The fraction of sp³-hybridized carbons (Fsp3) is 0.143. The Hall–Kier alpha value is -2.54. The highest BCUT2D eigenvalue weighted by molar-refractivity contribution is 5.47. The quantitative estimate of drug-likeness (QED) is 0.672. The molecule has 21 heavy (non-hydrogen) atoms. The van der Waals surface area contributed by atoms with E-state index in [0.717, 1.165) is 18.2 Å². The van der Waals surface area contributed by atoms with Gasteiger partial charge in [-0.15, -0.1) is 0 Å². The zero-order valence-electron chi connectivity index (χ0n) is 10.7. The number of nitro groups is 1. The zero-order chi connectivity index (χ0) is 15.4. The first kappa shape index (κ1) is 14.9. The number of ether oxygens (including phenoxy) is 1. The maximum absolute atomic E-state index is 13.0. The van der Waals surface area contributed by atoms with Gasteiger partial charge in [0.2, 0.25) is 0 Å². The predicted octanol–water partition coefficient (Wildman–Crippen LogP) is 3.82. The first-order valence-electron chi connectivity index (χ1n) is 5.96. The van der Waals surface area contributed by atoms with Crippen molar-refractivity contribution < 1.29 is 23.5 Å². The van der Waals surface area contributed by atoms with Crippen LogP contribution < -0.4 is 4.74 Å². The molecule has 0 aliphatic heterocycles. The normalized spacial score (nSPS) is 10.7. The summed E-state index contributed by atoms with van der Waals surface area (Å²) in [5.41, 5.74) is -0.582. The molecule has 0 saturated heterocycles. The first-order chi connectivity index (χ1) is 10.0. The Morgan fingerprint density at radius 2 is 1.90 bits per heavy atom. The average molecular weight is 295 g/mol. The van der Waals surface area contributed by atoms with Crippen LogP contribution in [-0.4, -0.2) is 10.0 Å². The van der Waals surface area contributed by atoms with E-state index >= 15 is 0 Å². The molecule has 0 radical (unpaired) electrons. The molecule has 0 aliphatic rings. The minimum absolute atomic E-state index is 0.184. The van der Waals surface area contributed by atoms with Crippen molar-refractivity contribution in [2.75, 3.05) is 0 Å². The summed E-state index contributed by atoms with van der Waals surface area (Å²) in [7, 11) is 0. The number of alkyl halides is 2. The van der Waals surface area contributed by atoms with Crippen LogP contribution in [0, 0.1) is 10.1 Å². The van der Waals surface area contributed by atoms with Crippen LogP contribution >= 0.6 is 0 Å². The molecule has 0 bridgehead atoms. The van der Waals surface area contributed by atoms with Gasteiger partial charge in [0.15, 0.2) is 0 Å². The summed E-state index contributed by atoms with van der Waals surface area (Å²) < 4.78 is 31.4. The summed E-state index contributed by atoms with van der Waals surface area (Å²) in [5.74, 6) is 0.0345. The summed E-state index contributed by atoms with van der Waals surface area (Å²) in [4.78, 5) is 9.88. The second kappa shape index (κ2) is 6.27. The molecular formula is C14H11F2NO4. The number of nitro benzene ring substituents is 1. The zero-order valence-corrected chi connectivity index (χ0v) is 10.7. The van der Waals surface area contributed by atoms with Crippen LogP contribution in [0.3, 0.4) is 0 Å². The molecule has 0 aliphatic carbocycles. The van der Waals surface area contributed by atoms with Crippen LogP contribution in [0.4, 0.5) is 14.5 Å². The molecule has 0 heterocycles. The Morgan fingerprint density at radius 1 is 1.19 bits per heavy atom. The molecule has 0 amide bonds. The van der Waals surface area contributed by atoms with E-state index < -0.39 is 22.6 Å². The number of hydrogen-bond donors (Lipinski definition) is 1. The van der Waals surface area contributed by atoms with Crippen LogP contribution in [0.2, 0.25) is 0 Å². The average Bonchev–Trinajstić information content (AvgIpc) is 2.47. The van der Waals surface area contributed by atoms with Gasteiger partial charge in [0.1, 0.15) is 11.5 Å². The summed E-state index contributed by atoms with van der Waals surface area (Å²) in [6.45, 7) is -0.312. The summed E-state index contributed by atoms with van der Waals surface area (Å²) >= 11 is 0. The number of aliphatic hydroxyl groups excluding tert-OH is 1. The molecule has 2 aromatic carbocycles. The van der Waals surface area contributed by atoms with Gasteiger partial charge in [0.25, 0.3) is 12.1 Å². The van der Waals surface area contributed by atoms with Gasteiger partial charge in [-0.1, -0.05) is 18.2 Å². The molecular weight excluding hydrogens is 284 g/mol. The Kier molecular flexibility index (Phi) is 4.44.